The molecule has 2 aromatic heterocycles. The van der Waals surface area contributed by atoms with Crippen LogP contribution in [0.25, 0.3) is 10.9 Å². The van der Waals surface area contributed by atoms with E-state index in [1.165, 1.54) is 5.56 Å². The molecular formula is C18H15N3O. The van der Waals surface area contributed by atoms with Gasteiger partial charge in [0.15, 0.2) is 0 Å². The predicted molar refractivity (Wildman–Crippen MR) is 85.5 cm³/mol. The van der Waals surface area contributed by atoms with Crippen molar-refractivity contribution in [2.24, 2.45) is 5.92 Å². The van der Waals surface area contributed by atoms with Crippen molar-refractivity contribution in [3.63, 3.8) is 0 Å². The molecule has 0 saturated heterocycles. The van der Waals surface area contributed by atoms with Crippen LogP contribution >= 0.6 is 0 Å². The Morgan fingerprint density at radius 3 is 2.82 bits per heavy atom. The first-order chi connectivity index (χ1) is 10.8. The molecule has 4 heteroatoms. The Kier molecular flexibility index (Phi) is 3.07. The van der Waals surface area contributed by atoms with Crippen molar-refractivity contribution in [3.8, 4) is 0 Å². The second kappa shape index (κ2) is 5.22. The molecule has 2 atom stereocenters. The number of fused-ring (bicyclic) bond motifs is 1. The smallest absolute Gasteiger partial charge is 0.229 e. The second-order valence-electron chi connectivity index (χ2n) is 5.61. The monoisotopic (exact) mass is 289 g/mol. The highest BCUT2D eigenvalue weighted by Gasteiger charge is 2.43. The maximum absolute atomic E-state index is 12.3. The number of hydrogen-bond donors (Lipinski definition) is 1. The molecule has 22 heavy (non-hydrogen) atoms. The van der Waals surface area contributed by atoms with E-state index in [9.17, 15) is 4.79 Å². The standard InChI is InChI=1S/C18H15N3O/c22-18(15-10-14(15)12-4-2-1-3-5-12)21-17-7-6-13-11-19-9-8-16(13)20-17/h1-9,11,14-15H,10H2,(H,20,21,22). The Morgan fingerprint density at radius 1 is 1.09 bits per heavy atom. The lowest BCUT2D eigenvalue weighted by molar-refractivity contribution is -0.117. The van der Waals surface area contributed by atoms with Crippen LogP contribution in [0.15, 0.2) is 60.9 Å². The third kappa shape index (κ3) is 2.44. The van der Waals surface area contributed by atoms with Gasteiger partial charge in [0.1, 0.15) is 5.82 Å². The average Bonchev–Trinajstić information content (AvgIpc) is 3.36. The molecule has 0 spiro atoms. The Morgan fingerprint density at radius 2 is 1.95 bits per heavy atom. The summed E-state index contributed by atoms with van der Waals surface area (Å²) in [6.45, 7) is 0. The first kappa shape index (κ1) is 13.0. The molecule has 1 saturated carbocycles. The largest absolute Gasteiger partial charge is 0.310 e. The molecular weight excluding hydrogens is 274 g/mol. The molecule has 1 N–H and O–H groups in total. The van der Waals surface area contributed by atoms with Crippen LogP contribution in [0.4, 0.5) is 5.82 Å². The summed E-state index contributed by atoms with van der Waals surface area (Å²) in [5.41, 5.74) is 2.07. The average molecular weight is 289 g/mol. The summed E-state index contributed by atoms with van der Waals surface area (Å²) in [6, 6.07) is 15.8. The first-order valence-corrected chi connectivity index (χ1v) is 7.38. The fourth-order valence-electron chi connectivity index (χ4n) is 2.81. The number of carbonyl (C=O) groups is 1. The van der Waals surface area contributed by atoms with E-state index in [1.807, 2.05) is 36.4 Å². The minimum absolute atomic E-state index is 0.0507. The summed E-state index contributed by atoms with van der Waals surface area (Å²) in [6.07, 6.45) is 4.38. The molecule has 2 unspecified atom stereocenters. The number of amides is 1. The van der Waals surface area contributed by atoms with Gasteiger partial charge in [-0.3, -0.25) is 9.78 Å². The summed E-state index contributed by atoms with van der Waals surface area (Å²) < 4.78 is 0. The van der Waals surface area contributed by atoms with Crippen LogP contribution in [0.5, 0.6) is 0 Å². The van der Waals surface area contributed by atoms with Gasteiger partial charge in [0.05, 0.1) is 5.52 Å². The van der Waals surface area contributed by atoms with Crippen LogP contribution in [-0.2, 0) is 4.79 Å². The molecule has 0 aliphatic heterocycles. The lowest BCUT2D eigenvalue weighted by Gasteiger charge is -2.05. The Bertz CT molecular complexity index is 832. The van der Waals surface area contributed by atoms with Crippen LogP contribution in [0.1, 0.15) is 17.9 Å². The maximum Gasteiger partial charge on any atom is 0.229 e. The van der Waals surface area contributed by atoms with Gasteiger partial charge in [-0.15, -0.1) is 0 Å². The van der Waals surface area contributed by atoms with E-state index in [-0.39, 0.29) is 11.8 Å². The van der Waals surface area contributed by atoms with Crippen LogP contribution in [-0.4, -0.2) is 15.9 Å². The van der Waals surface area contributed by atoms with Crippen molar-refractivity contribution in [1.29, 1.82) is 0 Å². The number of carbonyl (C=O) groups excluding carboxylic acids is 1. The molecule has 0 bridgehead atoms. The number of rotatable bonds is 3. The van der Waals surface area contributed by atoms with Gasteiger partial charge in [-0.1, -0.05) is 30.3 Å². The van der Waals surface area contributed by atoms with Crippen LogP contribution in [0.3, 0.4) is 0 Å². The summed E-state index contributed by atoms with van der Waals surface area (Å²) in [5.74, 6) is 1.04. The van der Waals surface area contributed by atoms with Crippen molar-refractivity contribution < 1.29 is 4.79 Å². The maximum atomic E-state index is 12.3. The van der Waals surface area contributed by atoms with E-state index in [4.69, 9.17) is 0 Å². The quantitative estimate of drug-likeness (QED) is 0.804. The van der Waals surface area contributed by atoms with Crippen molar-refractivity contribution in [2.45, 2.75) is 12.3 Å². The Balaban J connectivity index is 1.48. The molecule has 1 aromatic carbocycles. The van der Waals surface area contributed by atoms with Gasteiger partial charge in [0.2, 0.25) is 5.91 Å². The van der Waals surface area contributed by atoms with Gasteiger partial charge in [0.25, 0.3) is 0 Å². The fraction of sp³-hybridized carbons (Fsp3) is 0.167. The highest BCUT2D eigenvalue weighted by molar-refractivity contribution is 5.95. The Labute approximate surface area is 128 Å². The highest BCUT2D eigenvalue weighted by atomic mass is 16.2. The van der Waals surface area contributed by atoms with E-state index < -0.39 is 0 Å². The van der Waals surface area contributed by atoms with E-state index in [2.05, 4.69) is 27.4 Å². The second-order valence-corrected chi connectivity index (χ2v) is 5.61. The molecule has 2 heterocycles. The van der Waals surface area contributed by atoms with Crippen molar-refractivity contribution in [1.82, 2.24) is 9.97 Å². The highest BCUT2D eigenvalue weighted by Crippen LogP contribution is 2.47. The molecule has 4 nitrogen and oxygen atoms in total. The predicted octanol–water partition coefficient (Wildman–Crippen LogP) is 3.37. The van der Waals surface area contributed by atoms with E-state index in [0.29, 0.717) is 11.7 Å². The number of hydrogen-bond acceptors (Lipinski definition) is 3. The Hall–Kier alpha value is -2.75. The summed E-state index contributed by atoms with van der Waals surface area (Å²) in [4.78, 5) is 20.8. The van der Waals surface area contributed by atoms with Gasteiger partial charge >= 0.3 is 0 Å². The van der Waals surface area contributed by atoms with Crippen molar-refractivity contribution >= 4 is 22.6 Å². The zero-order valence-corrected chi connectivity index (χ0v) is 11.9. The van der Waals surface area contributed by atoms with Gasteiger partial charge in [-0.05, 0) is 36.1 Å². The van der Waals surface area contributed by atoms with E-state index >= 15 is 0 Å². The van der Waals surface area contributed by atoms with E-state index in [0.717, 1.165) is 17.3 Å². The minimum Gasteiger partial charge on any atom is -0.310 e. The number of aromatic nitrogens is 2. The summed E-state index contributed by atoms with van der Waals surface area (Å²) in [5, 5.41) is 3.89. The molecule has 108 valence electrons. The zero-order valence-electron chi connectivity index (χ0n) is 11.9. The number of anilines is 1. The normalized spacial score (nSPS) is 19.8. The first-order valence-electron chi connectivity index (χ1n) is 7.38. The third-order valence-electron chi connectivity index (χ3n) is 4.10. The van der Waals surface area contributed by atoms with E-state index in [1.54, 1.807) is 12.4 Å². The summed E-state index contributed by atoms with van der Waals surface area (Å²) in [7, 11) is 0. The molecule has 1 aliphatic rings. The minimum atomic E-state index is 0.0507. The zero-order chi connectivity index (χ0) is 14.9. The van der Waals surface area contributed by atoms with Gasteiger partial charge < -0.3 is 5.32 Å². The fourth-order valence-corrected chi connectivity index (χ4v) is 2.81. The topological polar surface area (TPSA) is 54.9 Å². The van der Waals surface area contributed by atoms with Crippen LogP contribution < -0.4 is 5.32 Å². The molecule has 1 aliphatic carbocycles. The van der Waals surface area contributed by atoms with Gasteiger partial charge in [0, 0.05) is 23.7 Å². The number of pyridine rings is 2. The third-order valence-corrected chi connectivity index (χ3v) is 4.10. The van der Waals surface area contributed by atoms with Gasteiger partial charge in [-0.2, -0.15) is 0 Å². The summed E-state index contributed by atoms with van der Waals surface area (Å²) >= 11 is 0. The molecule has 1 fully saturated rings. The number of nitrogens with one attached hydrogen (secondary N) is 1. The molecule has 1 amide bonds. The van der Waals surface area contributed by atoms with Crippen molar-refractivity contribution in [2.75, 3.05) is 5.32 Å². The van der Waals surface area contributed by atoms with Crippen LogP contribution in [0, 0.1) is 5.92 Å². The lowest BCUT2D eigenvalue weighted by atomic mass is 10.1. The SMILES string of the molecule is O=C(Nc1ccc2cnccc2n1)C1CC1c1ccccc1. The molecule has 3 aromatic rings. The number of benzene rings is 1. The number of nitrogens with zero attached hydrogens (tertiary/aromatic N) is 2. The lowest BCUT2D eigenvalue weighted by Crippen LogP contribution is -2.15. The van der Waals surface area contributed by atoms with Gasteiger partial charge in [-0.25, -0.2) is 4.98 Å². The molecule has 0 radical (unpaired) electrons. The van der Waals surface area contributed by atoms with Crippen molar-refractivity contribution in [3.05, 3.63) is 66.5 Å². The van der Waals surface area contributed by atoms with Crippen LogP contribution in [0.2, 0.25) is 0 Å². The molecule has 4 rings (SSSR count).